The lowest BCUT2D eigenvalue weighted by Crippen LogP contribution is -2.53. The number of nitrogens with zero attached hydrogens (tertiary/aromatic N) is 2. The molecule has 1 saturated carbocycles. The van der Waals surface area contributed by atoms with Crippen molar-refractivity contribution in [1.82, 2.24) is 10.2 Å². The van der Waals surface area contributed by atoms with Gasteiger partial charge in [-0.2, -0.15) is 5.26 Å². The zero-order valence-corrected chi connectivity index (χ0v) is 12.0. The second kappa shape index (κ2) is 5.48. The molecule has 2 fully saturated rings. The summed E-state index contributed by atoms with van der Waals surface area (Å²) in [4.78, 5) is 14.2. The Labute approximate surface area is 114 Å². The number of hydrogen-bond acceptors (Lipinski definition) is 4. The Morgan fingerprint density at radius 2 is 2.00 bits per heavy atom. The summed E-state index contributed by atoms with van der Waals surface area (Å²) in [6.07, 6.45) is 2.39. The van der Waals surface area contributed by atoms with E-state index in [4.69, 9.17) is 4.74 Å². The lowest BCUT2D eigenvalue weighted by molar-refractivity contribution is -0.127. The third-order valence-electron chi connectivity index (χ3n) is 3.89. The summed E-state index contributed by atoms with van der Waals surface area (Å²) in [5, 5.41) is 12.1. The maximum atomic E-state index is 12.1. The predicted octanol–water partition coefficient (Wildman–Crippen LogP) is 0.904. The summed E-state index contributed by atoms with van der Waals surface area (Å²) < 4.78 is 5.64. The van der Waals surface area contributed by atoms with Gasteiger partial charge < -0.3 is 10.1 Å². The van der Waals surface area contributed by atoms with Crippen molar-refractivity contribution >= 4 is 5.91 Å². The Balaban J connectivity index is 1.85. The smallest absolute Gasteiger partial charge is 0.235 e. The molecule has 5 heteroatoms. The third kappa shape index (κ3) is 3.68. The van der Waals surface area contributed by atoms with Crippen LogP contribution in [-0.4, -0.2) is 48.2 Å². The van der Waals surface area contributed by atoms with Crippen molar-refractivity contribution in [3.63, 3.8) is 0 Å². The van der Waals surface area contributed by atoms with Crippen LogP contribution < -0.4 is 5.32 Å². The van der Waals surface area contributed by atoms with Gasteiger partial charge in [-0.3, -0.25) is 9.69 Å². The number of ether oxygens (including phenoxy) is 1. The topological polar surface area (TPSA) is 65.4 Å². The minimum absolute atomic E-state index is 0.0581. The van der Waals surface area contributed by atoms with Gasteiger partial charge in [0.05, 0.1) is 24.8 Å². The van der Waals surface area contributed by atoms with Gasteiger partial charge in [-0.1, -0.05) is 0 Å². The first-order valence-electron chi connectivity index (χ1n) is 7.03. The van der Waals surface area contributed by atoms with Crippen molar-refractivity contribution in [3.8, 4) is 6.07 Å². The monoisotopic (exact) mass is 265 g/mol. The van der Waals surface area contributed by atoms with E-state index in [1.807, 2.05) is 20.8 Å². The van der Waals surface area contributed by atoms with E-state index in [9.17, 15) is 10.1 Å². The van der Waals surface area contributed by atoms with E-state index < -0.39 is 5.54 Å². The van der Waals surface area contributed by atoms with E-state index in [0.29, 0.717) is 12.5 Å². The minimum atomic E-state index is -0.694. The molecule has 0 bridgehead atoms. The molecule has 1 heterocycles. The number of nitriles is 1. The number of nitrogens with one attached hydrogen (secondary N) is 1. The van der Waals surface area contributed by atoms with E-state index >= 15 is 0 Å². The second-order valence-corrected chi connectivity index (χ2v) is 6.09. The quantitative estimate of drug-likeness (QED) is 0.820. The molecule has 106 valence electrons. The van der Waals surface area contributed by atoms with Gasteiger partial charge in [-0.05, 0) is 39.5 Å². The van der Waals surface area contributed by atoms with Gasteiger partial charge in [0.15, 0.2) is 0 Å². The van der Waals surface area contributed by atoms with Gasteiger partial charge in [0, 0.05) is 13.1 Å². The molecule has 2 rings (SSSR count). The Hall–Kier alpha value is -1.12. The van der Waals surface area contributed by atoms with E-state index in [1.165, 1.54) is 0 Å². The van der Waals surface area contributed by atoms with Gasteiger partial charge in [0.2, 0.25) is 5.91 Å². The van der Waals surface area contributed by atoms with E-state index in [0.717, 1.165) is 25.9 Å². The van der Waals surface area contributed by atoms with Crippen LogP contribution in [0.5, 0.6) is 0 Å². The van der Waals surface area contributed by atoms with Crippen molar-refractivity contribution in [2.24, 2.45) is 5.92 Å². The molecule has 0 radical (unpaired) electrons. The average molecular weight is 265 g/mol. The van der Waals surface area contributed by atoms with Crippen LogP contribution in [0.3, 0.4) is 0 Å². The van der Waals surface area contributed by atoms with Crippen LogP contribution in [-0.2, 0) is 9.53 Å². The summed E-state index contributed by atoms with van der Waals surface area (Å²) in [5.74, 6) is 0.265. The van der Waals surface area contributed by atoms with Crippen LogP contribution in [0.1, 0.15) is 33.6 Å². The van der Waals surface area contributed by atoms with Crippen molar-refractivity contribution < 1.29 is 9.53 Å². The SMILES string of the molecule is C[C@@H]1CN(CC(=O)N[C@@](C)(C#N)C2CC2)C[C@@H](C)O1. The number of carbonyl (C=O) groups is 1. The fraction of sp³-hybridized carbons (Fsp3) is 0.857. The summed E-state index contributed by atoms with van der Waals surface area (Å²) in [6.45, 7) is 7.75. The number of amides is 1. The normalized spacial score (nSPS) is 31.3. The lowest BCUT2D eigenvalue weighted by atomic mass is 9.98. The minimum Gasteiger partial charge on any atom is -0.373 e. The van der Waals surface area contributed by atoms with E-state index in [1.54, 1.807) is 0 Å². The molecule has 1 aliphatic carbocycles. The predicted molar refractivity (Wildman–Crippen MR) is 71.3 cm³/mol. The highest BCUT2D eigenvalue weighted by atomic mass is 16.5. The van der Waals surface area contributed by atoms with Crippen molar-refractivity contribution in [2.75, 3.05) is 19.6 Å². The first-order chi connectivity index (χ1) is 8.93. The van der Waals surface area contributed by atoms with Crippen LogP contribution in [0, 0.1) is 17.2 Å². The van der Waals surface area contributed by atoms with Crippen LogP contribution in [0.15, 0.2) is 0 Å². The molecular weight excluding hydrogens is 242 g/mol. The lowest BCUT2D eigenvalue weighted by Gasteiger charge is -2.35. The molecule has 5 nitrogen and oxygen atoms in total. The number of rotatable bonds is 4. The zero-order chi connectivity index (χ0) is 14.0. The Morgan fingerprint density at radius 1 is 1.42 bits per heavy atom. The molecule has 3 atom stereocenters. The van der Waals surface area contributed by atoms with Crippen LogP contribution in [0.4, 0.5) is 0 Å². The highest BCUT2D eigenvalue weighted by Crippen LogP contribution is 2.39. The van der Waals surface area contributed by atoms with E-state index in [-0.39, 0.29) is 18.1 Å². The second-order valence-electron chi connectivity index (χ2n) is 6.09. The average Bonchev–Trinajstić information content (AvgIpc) is 3.10. The molecule has 0 aromatic carbocycles. The van der Waals surface area contributed by atoms with Crippen LogP contribution >= 0.6 is 0 Å². The van der Waals surface area contributed by atoms with Crippen molar-refractivity contribution in [3.05, 3.63) is 0 Å². The molecule has 1 aliphatic heterocycles. The molecule has 1 N–H and O–H groups in total. The summed E-state index contributed by atoms with van der Waals surface area (Å²) in [6, 6.07) is 2.25. The summed E-state index contributed by atoms with van der Waals surface area (Å²) >= 11 is 0. The van der Waals surface area contributed by atoms with Crippen molar-refractivity contribution in [2.45, 2.75) is 51.4 Å². The molecule has 1 amide bonds. The Morgan fingerprint density at radius 3 is 2.47 bits per heavy atom. The third-order valence-corrected chi connectivity index (χ3v) is 3.89. The van der Waals surface area contributed by atoms with Gasteiger partial charge in [-0.25, -0.2) is 0 Å². The fourth-order valence-corrected chi connectivity index (χ4v) is 2.83. The Kier molecular flexibility index (Phi) is 4.12. The largest absolute Gasteiger partial charge is 0.373 e. The number of morpholine rings is 1. The van der Waals surface area contributed by atoms with E-state index in [2.05, 4.69) is 16.3 Å². The number of carbonyl (C=O) groups excluding carboxylic acids is 1. The summed E-state index contributed by atoms with van der Waals surface area (Å²) in [5.41, 5.74) is -0.694. The van der Waals surface area contributed by atoms with Gasteiger partial charge in [-0.15, -0.1) is 0 Å². The highest BCUT2D eigenvalue weighted by Gasteiger charge is 2.43. The Bertz CT molecular complexity index is 379. The molecule has 1 saturated heterocycles. The van der Waals surface area contributed by atoms with Crippen LogP contribution in [0.2, 0.25) is 0 Å². The standard InChI is InChI=1S/C14H23N3O2/c1-10-6-17(7-11(2)19-10)8-13(18)16-14(3,9-15)12-4-5-12/h10-12H,4-8H2,1-3H3,(H,16,18)/t10-,11-,14+/m1/s1. The number of hydrogen-bond donors (Lipinski definition) is 1. The van der Waals surface area contributed by atoms with Gasteiger partial charge in [0.1, 0.15) is 5.54 Å². The molecule has 0 unspecified atom stereocenters. The zero-order valence-electron chi connectivity index (χ0n) is 12.0. The fourth-order valence-electron chi connectivity index (χ4n) is 2.83. The first-order valence-corrected chi connectivity index (χ1v) is 7.03. The maximum Gasteiger partial charge on any atom is 0.235 e. The van der Waals surface area contributed by atoms with Crippen LogP contribution in [0.25, 0.3) is 0 Å². The first kappa shape index (κ1) is 14.3. The molecule has 0 spiro atoms. The molecule has 0 aromatic heterocycles. The van der Waals surface area contributed by atoms with Crippen molar-refractivity contribution in [1.29, 1.82) is 5.26 Å². The molecule has 19 heavy (non-hydrogen) atoms. The maximum absolute atomic E-state index is 12.1. The van der Waals surface area contributed by atoms with Gasteiger partial charge in [0.25, 0.3) is 0 Å². The molecule has 2 aliphatic rings. The summed E-state index contributed by atoms with van der Waals surface area (Å²) in [7, 11) is 0. The molecule has 0 aromatic rings. The van der Waals surface area contributed by atoms with Gasteiger partial charge >= 0.3 is 0 Å². The molecular formula is C14H23N3O2. The highest BCUT2D eigenvalue weighted by molar-refractivity contribution is 5.79.